The summed E-state index contributed by atoms with van der Waals surface area (Å²) in [5, 5.41) is 0. The third-order valence-corrected chi connectivity index (χ3v) is 2.53. The van der Waals surface area contributed by atoms with Crippen LogP contribution in [-0.2, 0) is 9.53 Å². The van der Waals surface area contributed by atoms with Crippen molar-refractivity contribution in [3.8, 4) is 0 Å². The molecular weight excluding hydrogens is 190 g/mol. The first-order valence-corrected chi connectivity index (χ1v) is 5.94. The smallest absolute Gasteiger partial charge is 0.365 e. The maximum Gasteiger partial charge on any atom is 0.365 e. The highest BCUT2D eigenvalue weighted by molar-refractivity contribution is 5.74. The number of carbonyl (C=O) groups is 1. The van der Waals surface area contributed by atoms with E-state index in [4.69, 9.17) is 4.74 Å². The molecule has 1 unspecified atom stereocenters. The number of hydrogen-bond acceptors (Lipinski definition) is 2. The van der Waals surface area contributed by atoms with Gasteiger partial charge in [0.1, 0.15) is 0 Å². The molecule has 0 aromatic heterocycles. The van der Waals surface area contributed by atoms with E-state index >= 15 is 0 Å². The van der Waals surface area contributed by atoms with Crippen LogP contribution >= 0.6 is 0 Å². The summed E-state index contributed by atoms with van der Waals surface area (Å²) < 4.78 is 5.15. The molecule has 15 heavy (non-hydrogen) atoms. The van der Waals surface area contributed by atoms with Gasteiger partial charge in [0.25, 0.3) is 0 Å². The van der Waals surface area contributed by atoms with E-state index < -0.39 is 0 Å². The van der Waals surface area contributed by atoms with Gasteiger partial charge in [0.05, 0.1) is 6.61 Å². The summed E-state index contributed by atoms with van der Waals surface area (Å²) in [4.78, 5) is 11.4. The first kappa shape index (κ1) is 14.4. The van der Waals surface area contributed by atoms with Gasteiger partial charge >= 0.3 is 5.97 Å². The van der Waals surface area contributed by atoms with Gasteiger partial charge in [-0.2, -0.15) is 0 Å². The first-order chi connectivity index (χ1) is 6.95. The molecule has 0 aromatic carbocycles. The zero-order valence-electron chi connectivity index (χ0n) is 10.6. The van der Waals surface area contributed by atoms with E-state index in [0.717, 1.165) is 18.8 Å². The van der Waals surface area contributed by atoms with Gasteiger partial charge in [-0.05, 0) is 18.8 Å². The molecule has 0 rings (SSSR count). The van der Waals surface area contributed by atoms with Gasteiger partial charge in [-0.25, -0.2) is 4.79 Å². The topological polar surface area (TPSA) is 53.9 Å². The van der Waals surface area contributed by atoms with Crippen LogP contribution in [0.5, 0.6) is 0 Å². The second-order valence-electron chi connectivity index (χ2n) is 4.91. The van der Waals surface area contributed by atoms with Gasteiger partial charge < -0.3 is 10.5 Å². The number of esters is 1. The normalized spacial score (nSPS) is 13.3. The van der Waals surface area contributed by atoms with E-state index in [0.29, 0.717) is 6.61 Å². The number of hydrogen-bond donors (Lipinski definition) is 1. The SMILES string of the molecule is CC(C)CCCCOC(=O)C([NH3+])C(C)C. The van der Waals surface area contributed by atoms with Gasteiger partial charge in [0.15, 0.2) is 6.04 Å². The van der Waals surface area contributed by atoms with Crippen LogP contribution < -0.4 is 5.73 Å². The second kappa shape index (κ2) is 7.69. The molecule has 0 saturated carbocycles. The third-order valence-electron chi connectivity index (χ3n) is 2.53. The quantitative estimate of drug-likeness (QED) is 0.519. The molecule has 0 fully saturated rings. The van der Waals surface area contributed by atoms with Crippen molar-refractivity contribution in [3.63, 3.8) is 0 Å². The minimum Gasteiger partial charge on any atom is -0.461 e. The molecule has 0 radical (unpaired) electrons. The van der Waals surface area contributed by atoms with Crippen LogP contribution in [0.1, 0.15) is 47.0 Å². The Morgan fingerprint density at radius 3 is 2.27 bits per heavy atom. The van der Waals surface area contributed by atoms with Crippen LogP contribution in [0.15, 0.2) is 0 Å². The molecule has 3 N–H and O–H groups in total. The van der Waals surface area contributed by atoms with E-state index in [1.54, 1.807) is 0 Å². The van der Waals surface area contributed by atoms with Crippen LogP contribution in [0.25, 0.3) is 0 Å². The summed E-state index contributed by atoms with van der Waals surface area (Å²) >= 11 is 0. The Bertz CT molecular complexity index is 178. The van der Waals surface area contributed by atoms with E-state index in [1.165, 1.54) is 6.42 Å². The highest BCUT2D eigenvalue weighted by Crippen LogP contribution is 2.06. The molecule has 3 nitrogen and oxygen atoms in total. The van der Waals surface area contributed by atoms with Crippen LogP contribution in [0.2, 0.25) is 0 Å². The summed E-state index contributed by atoms with van der Waals surface area (Å²) in [7, 11) is 0. The lowest BCUT2D eigenvalue weighted by Gasteiger charge is -2.11. The monoisotopic (exact) mass is 216 g/mol. The van der Waals surface area contributed by atoms with Crippen molar-refractivity contribution in [1.82, 2.24) is 0 Å². The highest BCUT2D eigenvalue weighted by Gasteiger charge is 2.22. The minimum atomic E-state index is -0.227. The summed E-state index contributed by atoms with van der Waals surface area (Å²) in [6, 6.07) is -0.227. The molecule has 0 aromatic rings. The standard InChI is InChI=1S/C12H25NO2/c1-9(2)7-5-6-8-15-12(14)11(13)10(3)4/h9-11H,5-8,13H2,1-4H3/p+1. The van der Waals surface area contributed by atoms with Gasteiger partial charge in [0, 0.05) is 5.92 Å². The Labute approximate surface area is 93.4 Å². The van der Waals surface area contributed by atoms with Crippen molar-refractivity contribution in [1.29, 1.82) is 0 Å². The molecular formula is C12H26NO2+. The third kappa shape index (κ3) is 7.37. The number of rotatable bonds is 7. The Kier molecular flexibility index (Phi) is 7.39. The van der Waals surface area contributed by atoms with Crippen molar-refractivity contribution >= 4 is 5.97 Å². The molecule has 0 amide bonds. The lowest BCUT2D eigenvalue weighted by molar-refractivity contribution is -0.418. The number of carbonyl (C=O) groups excluding carboxylic acids is 1. The van der Waals surface area contributed by atoms with Crippen LogP contribution in [0, 0.1) is 11.8 Å². The van der Waals surface area contributed by atoms with E-state index in [2.05, 4.69) is 19.6 Å². The average Bonchev–Trinajstić information content (AvgIpc) is 2.15. The second-order valence-corrected chi connectivity index (χ2v) is 4.91. The van der Waals surface area contributed by atoms with E-state index in [9.17, 15) is 4.79 Å². The molecule has 90 valence electrons. The van der Waals surface area contributed by atoms with Crippen LogP contribution in [0.3, 0.4) is 0 Å². The summed E-state index contributed by atoms with van der Waals surface area (Å²) in [6.07, 6.45) is 3.30. The Morgan fingerprint density at radius 2 is 1.80 bits per heavy atom. The molecule has 0 saturated heterocycles. The molecule has 3 heteroatoms. The maximum absolute atomic E-state index is 11.4. The summed E-state index contributed by atoms with van der Waals surface area (Å²) in [5.41, 5.74) is 3.79. The van der Waals surface area contributed by atoms with Gasteiger partial charge in [-0.15, -0.1) is 0 Å². The Morgan fingerprint density at radius 1 is 1.20 bits per heavy atom. The fourth-order valence-corrected chi connectivity index (χ4v) is 1.21. The van der Waals surface area contributed by atoms with Gasteiger partial charge in [-0.1, -0.05) is 34.1 Å². The summed E-state index contributed by atoms with van der Waals surface area (Å²) in [6.45, 7) is 8.92. The number of quaternary nitrogens is 1. The molecule has 0 aliphatic carbocycles. The average molecular weight is 216 g/mol. The fourth-order valence-electron chi connectivity index (χ4n) is 1.21. The van der Waals surface area contributed by atoms with Crippen molar-refractivity contribution < 1.29 is 15.3 Å². The van der Waals surface area contributed by atoms with E-state index in [1.807, 2.05) is 13.8 Å². The highest BCUT2D eigenvalue weighted by atomic mass is 16.5. The summed E-state index contributed by atoms with van der Waals surface area (Å²) in [5.74, 6) is 0.833. The Balaban J connectivity index is 3.47. The molecule has 0 aliphatic rings. The Hall–Kier alpha value is -0.570. The molecule has 0 heterocycles. The van der Waals surface area contributed by atoms with Crippen molar-refractivity contribution in [2.24, 2.45) is 11.8 Å². The van der Waals surface area contributed by atoms with Crippen molar-refractivity contribution in [2.45, 2.75) is 53.0 Å². The van der Waals surface area contributed by atoms with Crippen molar-refractivity contribution in [2.75, 3.05) is 6.61 Å². The minimum absolute atomic E-state index is 0.158. The number of unbranched alkanes of at least 4 members (excludes halogenated alkanes) is 1. The lowest BCUT2D eigenvalue weighted by Crippen LogP contribution is -2.67. The molecule has 0 spiro atoms. The molecule has 1 atom stereocenters. The lowest BCUT2D eigenvalue weighted by atomic mass is 10.1. The zero-order chi connectivity index (χ0) is 11.8. The first-order valence-electron chi connectivity index (χ1n) is 5.94. The largest absolute Gasteiger partial charge is 0.461 e. The molecule has 0 aliphatic heterocycles. The maximum atomic E-state index is 11.4. The van der Waals surface area contributed by atoms with Crippen molar-refractivity contribution in [3.05, 3.63) is 0 Å². The molecule has 0 bridgehead atoms. The van der Waals surface area contributed by atoms with Crippen LogP contribution in [0.4, 0.5) is 0 Å². The predicted molar refractivity (Wildman–Crippen MR) is 61.2 cm³/mol. The van der Waals surface area contributed by atoms with Crippen LogP contribution in [-0.4, -0.2) is 18.6 Å². The van der Waals surface area contributed by atoms with Gasteiger partial charge in [0.2, 0.25) is 0 Å². The van der Waals surface area contributed by atoms with Gasteiger partial charge in [-0.3, -0.25) is 0 Å². The predicted octanol–water partition coefficient (Wildman–Crippen LogP) is 1.62. The number of ether oxygens (including phenoxy) is 1. The van der Waals surface area contributed by atoms with E-state index in [-0.39, 0.29) is 17.9 Å². The zero-order valence-corrected chi connectivity index (χ0v) is 10.6. The fraction of sp³-hybridized carbons (Fsp3) is 0.917.